The van der Waals surface area contributed by atoms with Crippen molar-refractivity contribution >= 4 is 29.2 Å². The van der Waals surface area contributed by atoms with Gasteiger partial charge in [0.25, 0.3) is 5.91 Å². The van der Waals surface area contributed by atoms with Gasteiger partial charge in [-0.2, -0.15) is 0 Å². The van der Waals surface area contributed by atoms with Crippen LogP contribution in [0.2, 0.25) is 5.02 Å². The van der Waals surface area contributed by atoms with Crippen LogP contribution in [0.1, 0.15) is 43.0 Å². The van der Waals surface area contributed by atoms with E-state index in [1.807, 2.05) is 0 Å². The second-order valence-electron chi connectivity index (χ2n) is 5.31. The summed E-state index contributed by atoms with van der Waals surface area (Å²) in [4.78, 5) is 23.9. The number of esters is 1. The van der Waals surface area contributed by atoms with Crippen molar-refractivity contribution in [3.63, 3.8) is 0 Å². The standard InChI is InChI=1S/C15H19ClN2O3/c1-9(14(19)18-13-4-2-3-5-13)21-15(20)10-6-11(16)8-12(17)7-10/h6-9,13H,2-5,17H2,1H3,(H,18,19). The third kappa shape index (κ3) is 4.36. The largest absolute Gasteiger partial charge is 0.449 e. The fraction of sp³-hybridized carbons (Fsp3) is 0.467. The van der Waals surface area contributed by atoms with Gasteiger partial charge in [0.15, 0.2) is 6.10 Å². The minimum absolute atomic E-state index is 0.195. The fourth-order valence-electron chi connectivity index (χ4n) is 2.40. The molecule has 1 aromatic rings. The van der Waals surface area contributed by atoms with Gasteiger partial charge in [0.1, 0.15) is 0 Å². The number of nitrogens with two attached hydrogens (primary N) is 1. The third-order valence-electron chi connectivity index (χ3n) is 3.51. The summed E-state index contributed by atoms with van der Waals surface area (Å²) < 4.78 is 5.15. The molecule has 1 aromatic carbocycles. The highest BCUT2D eigenvalue weighted by molar-refractivity contribution is 6.31. The molecule has 0 spiro atoms. The van der Waals surface area contributed by atoms with Crippen molar-refractivity contribution in [1.29, 1.82) is 0 Å². The molecule has 0 bridgehead atoms. The summed E-state index contributed by atoms with van der Waals surface area (Å²) in [6.45, 7) is 1.55. The predicted octanol–water partition coefficient (Wildman–Crippen LogP) is 2.53. The Balaban J connectivity index is 1.93. The summed E-state index contributed by atoms with van der Waals surface area (Å²) in [6.07, 6.45) is 3.37. The van der Waals surface area contributed by atoms with Crippen LogP contribution in [0.4, 0.5) is 5.69 Å². The number of carbonyl (C=O) groups excluding carboxylic acids is 2. The number of ether oxygens (including phenoxy) is 1. The Morgan fingerprint density at radius 1 is 1.33 bits per heavy atom. The topological polar surface area (TPSA) is 81.4 Å². The van der Waals surface area contributed by atoms with Gasteiger partial charge in [0, 0.05) is 16.8 Å². The number of hydrogen-bond donors (Lipinski definition) is 2. The number of rotatable bonds is 4. The Bertz CT molecular complexity index is 521. The van der Waals surface area contributed by atoms with Crippen LogP contribution < -0.4 is 11.1 Å². The number of hydrogen-bond acceptors (Lipinski definition) is 4. The van der Waals surface area contributed by atoms with E-state index in [0.717, 1.165) is 25.7 Å². The van der Waals surface area contributed by atoms with E-state index in [0.29, 0.717) is 10.7 Å². The Labute approximate surface area is 128 Å². The Morgan fingerprint density at radius 2 is 2.00 bits per heavy atom. The maximum atomic E-state index is 12.0. The highest BCUT2D eigenvalue weighted by Crippen LogP contribution is 2.19. The molecule has 114 valence electrons. The SMILES string of the molecule is CC(OC(=O)c1cc(N)cc(Cl)c1)C(=O)NC1CCCC1. The molecule has 6 heteroatoms. The van der Waals surface area contributed by atoms with Gasteiger partial charge < -0.3 is 15.8 Å². The number of halogens is 1. The molecular formula is C15H19ClN2O3. The lowest BCUT2D eigenvalue weighted by Crippen LogP contribution is -2.40. The average Bonchev–Trinajstić information content (AvgIpc) is 2.90. The van der Waals surface area contributed by atoms with E-state index in [1.54, 1.807) is 6.92 Å². The molecule has 1 saturated carbocycles. The zero-order chi connectivity index (χ0) is 15.4. The molecule has 1 atom stereocenters. The second-order valence-corrected chi connectivity index (χ2v) is 5.75. The van der Waals surface area contributed by atoms with Gasteiger partial charge in [0.2, 0.25) is 0 Å². The molecule has 0 heterocycles. The molecule has 1 aliphatic rings. The van der Waals surface area contributed by atoms with Crippen molar-refractivity contribution in [3.8, 4) is 0 Å². The number of benzene rings is 1. The van der Waals surface area contributed by atoms with Crippen LogP contribution in [0.15, 0.2) is 18.2 Å². The molecule has 3 N–H and O–H groups in total. The lowest BCUT2D eigenvalue weighted by atomic mass is 10.2. The molecule has 1 aliphatic carbocycles. The van der Waals surface area contributed by atoms with E-state index in [2.05, 4.69) is 5.32 Å². The first-order chi connectivity index (χ1) is 9.95. The zero-order valence-corrected chi connectivity index (χ0v) is 12.7. The van der Waals surface area contributed by atoms with Crippen molar-refractivity contribution in [3.05, 3.63) is 28.8 Å². The normalized spacial score (nSPS) is 16.5. The van der Waals surface area contributed by atoms with E-state index in [-0.39, 0.29) is 17.5 Å². The van der Waals surface area contributed by atoms with Gasteiger partial charge in [-0.05, 0) is 38.0 Å². The monoisotopic (exact) mass is 310 g/mol. The number of carbonyl (C=O) groups is 2. The second kappa shape index (κ2) is 6.80. The number of nitrogen functional groups attached to an aromatic ring is 1. The molecule has 2 rings (SSSR count). The van der Waals surface area contributed by atoms with Gasteiger partial charge in [-0.1, -0.05) is 24.4 Å². The maximum absolute atomic E-state index is 12.0. The van der Waals surface area contributed by atoms with Crippen LogP contribution in [0.5, 0.6) is 0 Å². The van der Waals surface area contributed by atoms with E-state index < -0.39 is 12.1 Å². The van der Waals surface area contributed by atoms with Gasteiger partial charge in [-0.15, -0.1) is 0 Å². The molecule has 0 aromatic heterocycles. The molecule has 1 amide bonds. The number of anilines is 1. The molecule has 0 aliphatic heterocycles. The minimum Gasteiger partial charge on any atom is -0.449 e. The molecule has 0 radical (unpaired) electrons. The summed E-state index contributed by atoms with van der Waals surface area (Å²) in [5.74, 6) is -0.886. The highest BCUT2D eigenvalue weighted by Gasteiger charge is 2.23. The van der Waals surface area contributed by atoms with Crippen LogP contribution in [0.3, 0.4) is 0 Å². The lowest BCUT2D eigenvalue weighted by Gasteiger charge is -2.17. The third-order valence-corrected chi connectivity index (χ3v) is 3.73. The van der Waals surface area contributed by atoms with Crippen molar-refractivity contribution in [2.45, 2.75) is 44.8 Å². The molecule has 5 nitrogen and oxygen atoms in total. The predicted molar refractivity (Wildman–Crippen MR) is 81.1 cm³/mol. The van der Waals surface area contributed by atoms with Crippen LogP contribution >= 0.6 is 11.6 Å². The first-order valence-corrected chi connectivity index (χ1v) is 7.41. The van der Waals surface area contributed by atoms with Crippen LogP contribution in [0, 0.1) is 0 Å². The number of nitrogens with one attached hydrogen (secondary N) is 1. The van der Waals surface area contributed by atoms with Gasteiger partial charge >= 0.3 is 5.97 Å². The Morgan fingerprint density at radius 3 is 2.62 bits per heavy atom. The fourth-order valence-corrected chi connectivity index (χ4v) is 2.64. The first-order valence-electron chi connectivity index (χ1n) is 7.03. The van der Waals surface area contributed by atoms with E-state index in [4.69, 9.17) is 22.1 Å². The highest BCUT2D eigenvalue weighted by atomic mass is 35.5. The summed E-state index contributed by atoms with van der Waals surface area (Å²) in [6, 6.07) is 4.66. The van der Waals surface area contributed by atoms with E-state index in [9.17, 15) is 9.59 Å². The van der Waals surface area contributed by atoms with Crippen molar-refractivity contribution in [2.75, 3.05) is 5.73 Å². The van der Waals surface area contributed by atoms with Crippen LogP contribution in [0.25, 0.3) is 0 Å². The molecular weight excluding hydrogens is 292 g/mol. The smallest absolute Gasteiger partial charge is 0.339 e. The lowest BCUT2D eigenvalue weighted by molar-refractivity contribution is -0.129. The maximum Gasteiger partial charge on any atom is 0.339 e. The van der Waals surface area contributed by atoms with Gasteiger partial charge in [-0.3, -0.25) is 4.79 Å². The summed E-state index contributed by atoms with van der Waals surface area (Å²) in [7, 11) is 0. The van der Waals surface area contributed by atoms with E-state index in [1.165, 1.54) is 18.2 Å². The van der Waals surface area contributed by atoms with Crippen molar-refractivity contribution in [2.24, 2.45) is 0 Å². The van der Waals surface area contributed by atoms with Gasteiger partial charge in [0.05, 0.1) is 5.56 Å². The summed E-state index contributed by atoms with van der Waals surface area (Å²) >= 11 is 5.84. The van der Waals surface area contributed by atoms with Crippen molar-refractivity contribution < 1.29 is 14.3 Å². The molecule has 1 fully saturated rings. The van der Waals surface area contributed by atoms with Crippen LogP contribution in [-0.2, 0) is 9.53 Å². The molecule has 1 unspecified atom stereocenters. The molecule has 21 heavy (non-hydrogen) atoms. The van der Waals surface area contributed by atoms with Crippen molar-refractivity contribution in [1.82, 2.24) is 5.32 Å². The summed E-state index contributed by atoms with van der Waals surface area (Å²) in [5, 5.41) is 3.24. The molecule has 0 saturated heterocycles. The van der Waals surface area contributed by atoms with Gasteiger partial charge in [-0.25, -0.2) is 4.79 Å². The minimum atomic E-state index is -0.849. The summed E-state index contributed by atoms with van der Waals surface area (Å²) in [5.41, 5.74) is 6.23. The van der Waals surface area contributed by atoms with Crippen LogP contribution in [-0.4, -0.2) is 24.0 Å². The Kier molecular flexibility index (Phi) is 5.07. The number of amides is 1. The average molecular weight is 311 g/mol. The Hall–Kier alpha value is -1.75. The zero-order valence-electron chi connectivity index (χ0n) is 11.9. The first kappa shape index (κ1) is 15.6. The quantitative estimate of drug-likeness (QED) is 0.661. The van der Waals surface area contributed by atoms with E-state index >= 15 is 0 Å².